The Hall–Kier alpha value is -3.08. The predicted octanol–water partition coefficient (Wildman–Crippen LogP) is 3.56. The Morgan fingerprint density at radius 1 is 1.15 bits per heavy atom. The maximum absolute atomic E-state index is 12.7. The molecule has 2 aromatic carbocycles. The normalized spacial score (nSPS) is 18.4. The Morgan fingerprint density at radius 2 is 1.92 bits per heavy atom. The van der Waals surface area contributed by atoms with Crippen molar-refractivity contribution in [2.45, 2.75) is 25.9 Å². The van der Waals surface area contributed by atoms with E-state index < -0.39 is 23.6 Å². The number of fused-ring (bicyclic) bond motifs is 3. The SMILES string of the molecule is CCOC(=O)[C@@H]1Oc2c(c(=O)oc3ccc(C)cc23)[C@H]1c1ccccc1. The molecule has 5 heteroatoms. The third kappa shape index (κ3) is 2.56. The molecule has 1 aromatic heterocycles. The van der Waals surface area contributed by atoms with E-state index in [0.717, 1.165) is 11.1 Å². The minimum atomic E-state index is -0.915. The summed E-state index contributed by atoms with van der Waals surface area (Å²) in [5.74, 6) is -0.643. The highest BCUT2D eigenvalue weighted by Crippen LogP contribution is 2.44. The van der Waals surface area contributed by atoms with Crippen LogP contribution in [0, 0.1) is 6.92 Å². The Kier molecular flexibility index (Phi) is 3.99. The first-order valence-electron chi connectivity index (χ1n) is 8.55. The zero-order valence-corrected chi connectivity index (χ0v) is 14.5. The van der Waals surface area contributed by atoms with Gasteiger partial charge in [0.1, 0.15) is 11.3 Å². The number of aryl methyl sites for hydroxylation is 1. The lowest BCUT2D eigenvalue weighted by Crippen LogP contribution is -2.32. The lowest BCUT2D eigenvalue weighted by molar-refractivity contribution is -0.151. The van der Waals surface area contributed by atoms with Gasteiger partial charge in [-0.25, -0.2) is 9.59 Å². The van der Waals surface area contributed by atoms with Crippen LogP contribution < -0.4 is 10.4 Å². The fourth-order valence-corrected chi connectivity index (χ4v) is 3.45. The summed E-state index contributed by atoms with van der Waals surface area (Å²) in [6, 6.07) is 14.8. The average Bonchev–Trinajstić information content (AvgIpc) is 3.05. The van der Waals surface area contributed by atoms with Gasteiger partial charge in [-0.15, -0.1) is 0 Å². The minimum absolute atomic E-state index is 0.241. The molecule has 0 fully saturated rings. The maximum atomic E-state index is 12.7. The molecule has 0 radical (unpaired) electrons. The van der Waals surface area contributed by atoms with Gasteiger partial charge in [-0.2, -0.15) is 0 Å². The molecular weight excluding hydrogens is 332 g/mol. The van der Waals surface area contributed by atoms with E-state index in [1.54, 1.807) is 13.0 Å². The molecule has 0 amide bonds. The fourth-order valence-electron chi connectivity index (χ4n) is 3.45. The number of rotatable bonds is 3. The molecule has 132 valence electrons. The molecule has 2 atom stereocenters. The summed E-state index contributed by atoms with van der Waals surface area (Å²) in [4.78, 5) is 25.3. The van der Waals surface area contributed by atoms with Gasteiger partial charge in [0.25, 0.3) is 0 Å². The monoisotopic (exact) mass is 350 g/mol. The second-order valence-corrected chi connectivity index (χ2v) is 6.31. The van der Waals surface area contributed by atoms with Crippen LogP contribution in [-0.2, 0) is 9.53 Å². The van der Waals surface area contributed by atoms with Crippen LogP contribution in [0.25, 0.3) is 11.0 Å². The zero-order valence-electron chi connectivity index (χ0n) is 14.5. The van der Waals surface area contributed by atoms with Crippen molar-refractivity contribution in [1.82, 2.24) is 0 Å². The van der Waals surface area contributed by atoms with Crippen molar-refractivity contribution in [3.63, 3.8) is 0 Å². The molecule has 0 spiro atoms. The van der Waals surface area contributed by atoms with Crippen molar-refractivity contribution in [2.24, 2.45) is 0 Å². The van der Waals surface area contributed by atoms with Gasteiger partial charge in [-0.3, -0.25) is 0 Å². The number of benzene rings is 2. The number of esters is 1. The van der Waals surface area contributed by atoms with Gasteiger partial charge < -0.3 is 13.9 Å². The van der Waals surface area contributed by atoms with Crippen LogP contribution in [0.1, 0.15) is 29.5 Å². The van der Waals surface area contributed by atoms with Crippen LogP contribution in [0.2, 0.25) is 0 Å². The van der Waals surface area contributed by atoms with Crippen LogP contribution >= 0.6 is 0 Å². The van der Waals surface area contributed by atoms with Crippen LogP contribution in [-0.4, -0.2) is 18.7 Å². The molecule has 3 aromatic rings. The Balaban J connectivity index is 1.97. The van der Waals surface area contributed by atoms with Gasteiger partial charge in [-0.05, 0) is 31.5 Å². The van der Waals surface area contributed by atoms with Gasteiger partial charge in [0.05, 0.1) is 23.5 Å². The maximum Gasteiger partial charge on any atom is 0.348 e. The van der Waals surface area contributed by atoms with Gasteiger partial charge in [0.2, 0.25) is 6.10 Å². The molecule has 4 rings (SSSR count). The van der Waals surface area contributed by atoms with Gasteiger partial charge in [0, 0.05) is 0 Å². The molecule has 2 heterocycles. The van der Waals surface area contributed by atoms with Gasteiger partial charge in [0.15, 0.2) is 0 Å². The summed E-state index contributed by atoms with van der Waals surface area (Å²) in [7, 11) is 0. The summed E-state index contributed by atoms with van der Waals surface area (Å²) in [5.41, 5.74) is 2.14. The molecule has 0 N–H and O–H groups in total. The third-order valence-electron chi connectivity index (χ3n) is 4.58. The Morgan fingerprint density at radius 3 is 2.65 bits per heavy atom. The molecule has 0 unspecified atom stereocenters. The van der Waals surface area contributed by atoms with Crippen LogP contribution in [0.3, 0.4) is 0 Å². The first-order valence-corrected chi connectivity index (χ1v) is 8.55. The quantitative estimate of drug-likeness (QED) is 0.534. The summed E-state index contributed by atoms with van der Waals surface area (Å²) in [6.45, 7) is 3.93. The molecule has 0 saturated carbocycles. The molecule has 1 aliphatic rings. The van der Waals surface area contributed by atoms with Crippen molar-refractivity contribution in [2.75, 3.05) is 6.61 Å². The smallest absolute Gasteiger partial charge is 0.348 e. The molecule has 26 heavy (non-hydrogen) atoms. The Labute approximate surface area is 150 Å². The largest absolute Gasteiger partial charge is 0.476 e. The first-order chi connectivity index (χ1) is 12.6. The number of carbonyl (C=O) groups is 1. The molecule has 5 nitrogen and oxygen atoms in total. The number of carbonyl (C=O) groups excluding carboxylic acids is 1. The summed E-state index contributed by atoms with van der Waals surface area (Å²) in [5, 5.41) is 0.687. The average molecular weight is 350 g/mol. The number of hydrogen-bond donors (Lipinski definition) is 0. The van der Waals surface area contributed by atoms with Gasteiger partial charge >= 0.3 is 11.6 Å². The van der Waals surface area contributed by atoms with Crippen LogP contribution in [0.5, 0.6) is 5.75 Å². The highest BCUT2D eigenvalue weighted by Gasteiger charge is 2.45. The topological polar surface area (TPSA) is 65.7 Å². The van der Waals surface area contributed by atoms with Crippen molar-refractivity contribution >= 4 is 16.9 Å². The van der Waals surface area contributed by atoms with E-state index in [0.29, 0.717) is 22.3 Å². The molecule has 1 aliphatic heterocycles. The lowest BCUT2D eigenvalue weighted by atomic mass is 9.88. The molecule has 0 saturated heterocycles. The van der Waals surface area contributed by atoms with Crippen LogP contribution in [0.4, 0.5) is 0 Å². The number of hydrogen-bond acceptors (Lipinski definition) is 5. The van der Waals surface area contributed by atoms with Gasteiger partial charge in [-0.1, -0.05) is 42.0 Å². The molecular formula is C21H18O5. The van der Waals surface area contributed by atoms with Crippen LogP contribution in [0.15, 0.2) is 57.7 Å². The van der Waals surface area contributed by atoms with E-state index in [2.05, 4.69) is 0 Å². The van der Waals surface area contributed by atoms with Crippen molar-refractivity contribution in [1.29, 1.82) is 0 Å². The standard InChI is InChI=1S/C21H18O5/c1-3-24-21(23)19-16(13-7-5-4-6-8-13)17-18(26-19)14-11-12(2)9-10-15(14)25-20(17)22/h4-11,16,19H,3H2,1-2H3/t16-,19-/m1/s1. The fraction of sp³-hybridized carbons (Fsp3) is 0.238. The van der Waals surface area contributed by atoms with E-state index in [4.69, 9.17) is 13.9 Å². The zero-order chi connectivity index (χ0) is 18.3. The van der Waals surface area contributed by atoms with Crippen molar-refractivity contribution in [3.8, 4) is 5.75 Å². The lowest BCUT2D eigenvalue weighted by Gasteiger charge is -2.17. The Bertz CT molecular complexity index is 1040. The van der Waals surface area contributed by atoms with E-state index in [1.807, 2.05) is 49.4 Å². The summed E-state index contributed by atoms with van der Waals surface area (Å²) >= 11 is 0. The van der Waals surface area contributed by atoms with E-state index in [9.17, 15) is 9.59 Å². The first kappa shape index (κ1) is 16.4. The van der Waals surface area contributed by atoms with Crippen molar-refractivity contribution in [3.05, 3.63) is 75.6 Å². The molecule has 0 bridgehead atoms. The van der Waals surface area contributed by atoms with E-state index >= 15 is 0 Å². The van der Waals surface area contributed by atoms with E-state index in [-0.39, 0.29) is 6.61 Å². The second-order valence-electron chi connectivity index (χ2n) is 6.31. The van der Waals surface area contributed by atoms with Crippen molar-refractivity contribution < 1.29 is 18.7 Å². The summed E-state index contributed by atoms with van der Waals surface area (Å²) < 4.78 is 16.7. The summed E-state index contributed by atoms with van der Waals surface area (Å²) in [6.07, 6.45) is -0.915. The minimum Gasteiger partial charge on any atom is -0.476 e. The highest BCUT2D eigenvalue weighted by molar-refractivity contribution is 5.89. The molecule has 0 aliphatic carbocycles. The predicted molar refractivity (Wildman–Crippen MR) is 96.6 cm³/mol. The second kappa shape index (κ2) is 6.33. The third-order valence-corrected chi connectivity index (χ3v) is 4.58. The number of ether oxygens (including phenoxy) is 2. The highest BCUT2D eigenvalue weighted by atomic mass is 16.6. The van der Waals surface area contributed by atoms with E-state index in [1.165, 1.54) is 0 Å².